The van der Waals surface area contributed by atoms with Crippen LogP contribution in [0.15, 0.2) is 9.59 Å². The smallest absolute Gasteiger partial charge is 0.332 e. The number of hydrogen-bond acceptors (Lipinski definition) is 5. The number of nitrogens with one attached hydrogen (secondary N) is 1. The molecule has 0 radical (unpaired) electrons. The van der Waals surface area contributed by atoms with Crippen LogP contribution < -0.4 is 27.2 Å². The van der Waals surface area contributed by atoms with E-state index in [0.717, 1.165) is 49.8 Å². The maximum absolute atomic E-state index is 12.9. The zero-order chi connectivity index (χ0) is 18.6. The number of rotatable bonds is 6. The van der Waals surface area contributed by atoms with Gasteiger partial charge in [-0.3, -0.25) is 14.2 Å². The lowest BCUT2D eigenvalue weighted by Gasteiger charge is -2.30. The maximum atomic E-state index is 12.9. The summed E-state index contributed by atoms with van der Waals surface area (Å²) in [6.45, 7) is 5.15. The van der Waals surface area contributed by atoms with Crippen LogP contribution in [0.1, 0.15) is 46.0 Å². The summed E-state index contributed by atoms with van der Waals surface area (Å²) in [6, 6.07) is 0.0439. The summed E-state index contributed by atoms with van der Waals surface area (Å²) in [5.74, 6) is -0.171. The van der Waals surface area contributed by atoms with Crippen LogP contribution in [0.3, 0.4) is 0 Å². The lowest BCUT2D eigenvalue weighted by atomic mass is 10.1. The van der Waals surface area contributed by atoms with Crippen LogP contribution in [-0.4, -0.2) is 34.2 Å². The van der Waals surface area contributed by atoms with E-state index < -0.39 is 11.2 Å². The number of amides is 1. The lowest BCUT2D eigenvalue weighted by Crippen LogP contribution is -2.48. The third-order valence-electron chi connectivity index (χ3n) is 4.89. The van der Waals surface area contributed by atoms with Crippen LogP contribution in [0.2, 0.25) is 0 Å². The normalized spacial score (nSPS) is 14.8. The van der Waals surface area contributed by atoms with E-state index in [0.29, 0.717) is 5.69 Å². The molecule has 8 nitrogen and oxygen atoms in total. The standard InChI is InChI=1S/C17H29N5O3/c1-4-12(5-2)19-13(23)11-22-16(24)14(15(18)20(3)17(22)25)21-9-7-6-8-10-21/h12H,4-11,18H2,1-3H3,(H,19,23). The molecule has 1 aliphatic rings. The second kappa shape index (κ2) is 8.22. The molecule has 0 aromatic carbocycles. The van der Waals surface area contributed by atoms with Gasteiger partial charge in [0.1, 0.15) is 18.1 Å². The summed E-state index contributed by atoms with van der Waals surface area (Å²) in [6.07, 6.45) is 4.69. The van der Waals surface area contributed by atoms with Crippen LogP contribution >= 0.6 is 0 Å². The van der Waals surface area contributed by atoms with Gasteiger partial charge in [-0.05, 0) is 32.1 Å². The maximum Gasteiger partial charge on any atom is 0.332 e. The average molecular weight is 351 g/mol. The molecule has 1 fully saturated rings. The minimum Gasteiger partial charge on any atom is -0.383 e. The molecular weight excluding hydrogens is 322 g/mol. The van der Waals surface area contributed by atoms with Crippen LogP contribution in [0, 0.1) is 0 Å². The summed E-state index contributed by atoms with van der Waals surface area (Å²) in [4.78, 5) is 39.5. The van der Waals surface area contributed by atoms with Gasteiger partial charge < -0.3 is 16.0 Å². The molecule has 0 unspecified atom stereocenters. The minimum absolute atomic E-state index is 0.0439. The Morgan fingerprint density at radius 2 is 1.76 bits per heavy atom. The first-order chi connectivity index (χ1) is 11.9. The van der Waals surface area contributed by atoms with Gasteiger partial charge in [-0.2, -0.15) is 0 Å². The zero-order valence-corrected chi connectivity index (χ0v) is 15.4. The van der Waals surface area contributed by atoms with Gasteiger partial charge in [0.2, 0.25) is 5.91 Å². The van der Waals surface area contributed by atoms with Crippen molar-refractivity contribution in [2.45, 2.75) is 58.5 Å². The Kier molecular flexibility index (Phi) is 6.27. The Morgan fingerprint density at radius 1 is 1.16 bits per heavy atom. The predicted octanol–water partition coefficient (Wildman–Crippen LogP) is 0.424. The molecule has 0 spiro atoms. The van der Waals surface area contributed by atoms with Gasteiger partial charge in [-0.25, -0.2) is 9.36 Å². The van der Waals surface area contributed by atoms with E-state index in [2.05, 4.69) is 5.32 Å². The summed E-state index contributed by atoms with van der Waals surface area (Å²) < 4.78 is 2.23. The summed E-state index contributed by atoms with van der Waals surface area (Å²) in [5.41, 5.74) is 5.33. The number of anilines is 2. The van der Waals surface area contributed by atoms with Gasteiger partial charge in [-0.15, -0.1) is 0 Å². The third-order valence-corrected chi connectivity index (χ3v) is 4.89. The zero-order valence-electron chi connectivity index (χ0n) is 15.4. The minimum atomic E-state index is -0.567. The van der Waals surface area contributed by atoms with Crippen molar-refractivity contribution >= 4 is 17.4 Å². The molecule has 0 saturated carbocycles. The number of piperidine rings is 1. The molecule has 140 valence electrons. The first kappa shape index (κ1) is 19.1. The fourth-order valence-corrected chi connectivity index (χ4v) is 3.23. The van der Waals surface area contributed by atoms with Crippen molar-refractivity contribution in [1.29, 1.82) is 0 Å². The molecule has 0 atom stereocenters. The summed E-state index contributed by atoms with van der Waals surface area (Å²) >= 11 is 0. The molecule has 1 aliphatic heterocycles. The highest BCUT2D eigenvalue weighted by Crippen LogP contribution is 2.20. The van der Waals surface area contributed by atoms with Gasteiger partial charge >= 0.3 is 5.69 Å². The molecule has 2 heterocycles. The number of carbonyl (C=O) groups is 1. The SMILES string of the molecule is CCC(CC)NC(=O)Cn1c(=O)c(N2CCCCC2)c(N)n(C)c1=O. The molecule has 8 heteroatoms. The molecule has 3 N–H and O–H groups in total. The second-order valence-corrected chi connectivity index (χ2v) is 6.60. The third kappa shape index (κ3) is 4.05. The number of aromatic nitrogens is 2. The van der Waals surface area contributed by atoms with Gasteiger partial charge in [0, 0.05) is 26.2 Å². The summed E-state index contributed by atoms with van der Waals surface area (Å²) in [7, 11) is 1.53. The number of hydrogen-bond donors (Lipinski definition) is 2. The van der Waals surface area contributed by atoms with Crippen LogP contribution in [0.25, 0.3) is 0 Å². The lowest BCUT2D eigenvalue weighted by molar-refractivity contribution is -0.122. The van der Waals surface area contributed by atoms with E-state index in [4.69, 9.17) is 5.73 Å². The largest absolute Gasteiger partial charge is 0.383 e. The van der Waals surface area contributed by atoms with Crippen LogP contribution in [0.5, 0.6) is 0 Å². The number of nitrogens with zero attached hydrogens (tertiary/aromatic N) is 3. The first-order valence-electron chi connectivity index (χ1n) is 9.04. The monoisotopic (exact) mass is 351 g/mol. The highest BCUT2D eigenvalue weighted by Gasteiger charge is 2.23. The molecule has 1 saturated heterocycles. The Balaban J connectivity index is 2.38. The topological polar surface area (TPSA) is 102 Å². The Labute approximate surface area is 147 Å². The van der Waals surface area contributed by atoms with E-state index in [1.807, 2.05) is 18.7 Å². The van der Waals surface area contributed by atoms with Crippen molar-refractivity contribution in [3.8, 4) is 0 Å². The average Bonchev–Trinajstić information content (AvgIpc) is 2.62. The molecule has 2 rings (SSSR count). The fourth-order valence-electron chi connectivity index (χ4n) is 3.23. The van der Waals surface area contributed by atoms with E-state index in [9.17, 15) is 14.4 Å². The quantitative estimate of drug-likeness (QED) is 0.773. The van der Waals surface area contributed by atoms with Gasteiger partial charge in [0.15, 0.2) is 0 Å². The van der Waals surface area contributed by atoms with Crippen molar-refractivity contribution in [3.05, 3.63) is 20.8 Å². The molecular formula is C17H29N5O3. The molecule has 1 aromatic heterocycles. The van der Waals surface area contributed by atoms with Crippen molar-refractivity contribution < 1.29 is 4.79 Å². The van der Waals surface area contributed by atoms with Crippen LogP contribution in [0.4, 0.5) is 11.5 Å². The van der Waals surface area contributed by atoms with Gasteiger partial charge in [-0.1, -0.05) is 13.8 Å². The van der Waals surface area contributed by atoms with Crippen molar-refractivity contribution in [1.82, 2.24) is 14.5 Å². The van der Waals surface area contributed by atoms with E-state index >= 15 is 0 Å². The predicted molar refractivity (Wildman–Crippen MR) is 98.9 cm³/mol. The first-order valence-corrected chi connectivity index (χ1v) is 9.04. The number of nitrogen functional groups attached to an aromatic ring is 1. The van der Waals surface area contributed by atoms with Crippen molar-refractivity contribution in [3.63, 3.8) is 0 Å². The van der Waals surface area contributed by atoms with E-state index in [1.165, 1.54) is 11.6 Å². The van der Waals surface area contributed by atoms with Crippen LogP contribution in [-0.2, 0) is 18.4 Å². The Hall–Kier alpha value is -2.25. The number of carbonyl (C=O) groups excluding carboxylic acids is 1. The molecule has 0 bridgehead atoms. The van der Waals surface area contributed by atoms with Crippen molar-refractivity contribution in [2.75, 3.05) is 23.7 Å². The van der Waals surface area contributed by atoms with Crippen molar-refractivity contribution in [2.24, 2.45) is 7.05 Å². The van der Waals surface area contributed by atoms with E-state index in [1.54, 1.807) is 0 Å². The van der Waals surface area contributed by atoms with Gasteiger partial charge in [0.05, 0.1) is 0 Å². The van der Waals surface area contributed by atoms with Gasteiger partial charge in [0.25, 0.3) is 5.56 Å². The second-order valence-electron chi connectivity index (χ2n) is 6.60. The molecule has 1 aromatic rings. The summed E-state index contributed by atoms with van der Waals surface area (Å²) in [5, 5.41) is 2.86. The Morgan fingerprint density at radius 3 is 2.32 bits per heavy atom. The highest BCUT2D eigenvalue weighted by atomic mass is 16.2. The molecule has 0 aliphatic carbocycles. The van der Waals surface area contributed by atoms with E-state index in [-0.39, 0.29) is 24.3 Å². The fraction of sp³-hybridized carbons (Fsp3) is 0.706. The molecule has 1 amide bonds. The molecule has 25 heavy (non-hydrogen) atoms. The highest BCUT2D eigenvalue weighted by molar-refractivity contribution is 5.76. The Bertz CT molecular complexity index is 727. The number of nitrogens with two attached hydrogens (primary N) is 1.